The fourth-order valence-corrected chi connectivity index (χ4v) is 1.11. The van der Waals surface area contributed by atoms with Crippen molar-refractivity contribution in [1.82, 2.24) is 0 Å². The van der Waals surface area contributed by atoms with Gasteiger partial charge in [-0.05, 0) is 24.6 Å². The second kappa shape index (κ2) is 5.62. The molecule has 0 saturated heterocycles. The summed E-state index contributed by atoms with van der Waals surface area (Å²) in [5, 5.41) is 9.06. The van der Waals surface area contributed by atoms with Gasteiger partial charge in [-0.3, -0.25) is 0 Å². The number of rotatable bonds is 5. The molecule has 0 aliphatic carbocycles. The smallest absolute Gasteiger partial charge is 0.115 e. The Hall–Kier alpha value is -1.06. The second-order valence-corrected chi connectivity index (χ2v) is 3.24. The van der Waals surface area contributed by atoms with E-state index in [1.807, 2.05) is 19.1 Å². The van der Waals surface area contributed by atoms with E-state index in [9.17, 15) is 0 Å². The van der Waals surface area contributed by atoms with E-state index >= 15 is 0 Å². The van der Waals surface area contributed by atoms with Crippen molar-refractivity contribution >= 4 is 0 Å². The predicted molar refractivity (Wildman–Crippen MR) is 54.2 cm³/mol. The van der Waals surface area contributed by atoms with Crippen molar-refractivity contribution in [2.45, 2.75) is 19.6 Å². The Kier molecular flexibility index (Phi) is 4.43. The van der Waals surface area contributed by atoms with Gasteiger partial charge >= 0.3 is 0 Å². The number of hydrogen-bond donors (Lipinski definition) is 1. The zero-order valence-electron chi connectivity index (χ0n) is 8.56. The molecule has 0 spiro atoms. The minimum atomic E-state index is 0.0915. The van der Waals surface area contributed by atoms with Gasteiger partial charge in [0.05, 0.1) is 19.3 Å². The molecule has 3 heteroatoms. The molecule has 1 rings (SSSR count). The molecule has 1 aromatic rings. The first-order valence-corrected chi connectivity index (χ1v) is 4.61. The standard InChI is InChI=1S/C11H16O3/c1-9(7-13-2)14-8-10-3-5-11(12)6-4-10/h3-6,9,12H,7-8H2,1-2H3. The summed E-state index contributed by atoms with van der Waals surface area (Å²) in [6.45, 7) is 3.10. The van der Waals surface area contributed by atoms with Crippen molar-refractivity contribution in [3.8, 4) is 5.75 Å². The quantitative estimate of drug-likeness (QED) is 0.782. The molecule has 0 radical (unpaired) electrons. The normalized spacial score (nSPS) is 12.7. The van der Waals surface area contributed by atoms with Gasteiger partial charge in [0.25, 0.3) is 0 Å². The number of hydrogen-bond acceptors (Lipinski definition) is 3. The van der Waals surface area contributed by atoms with Crippen LogP contribution in [0.25, 0.3) is 0 Å². The van der Waals surface area contributed by atoms with E-state index in [4.69, 9.17) is 14.6 Å². The Morgan fingerprint density at radius 1 is 1.29 bits per heavy atom. The molecule has 0 bridgehead atoms. The van der Waals surface area contributed by atoms with Crippen LogP contribution in [0.5, 0.6) is 5.75 Å². The van der Waals surface area contributed by atoms with Gasteiger partial charge in [-0.2, -0.15) is 0 Å². The lowest BCUT2D eigenvalue weighted by Crippen LogP contribution is -2.14. The molecule has 78 valence electrons. The molecule has 1 unspecified atom stereocenters. The maximum absolute atomic E-state index is 9.06. The third kappa shape index (κ3) is 3.77. The zero-order valence-corrected chi connectivity index (χ0v) is 8.56. The van der Waals surface area contributed by atoms with E-state index in [1.54, 1.807) is 19.2 Å². The molecule has 1 N–H and O–H groups in total. The number of methoxy groups -OCH3 is 1. The van der Waals surface area contributed by atoms with Crippen LogP contribution in [-0.4, -0.2) is 24.9 Å². The lowest BCUT2D eigenvalue weighted by atomic mass is 10.2. The van der Waals surface area contributed by atoms with Gasteiger partial charge in [-0.1, -0.05) is 12.1 Å². The highest BCUT2D eigenvalue weighted by Crippen LogP contribution is 2.11. The summed E-state index contributed by atoms with van der Waals surface area (Å²) in [5.74, 6) is 0.277. The largest absolute Gasteiger partial charge is 0.508 e. The average molecular weight is 196 g/mol. The first kappa shape index (κ1) is 11.0. The van der Waals surface area contributed by atoms with Crippen molar-refractivity contribution in [1.29, 1.82) is 0 Å². The molecule has 1 atom stereocenters. The first-order chi connectivity index (χ1) is 6.72. The van der Waals surface area contributed by atoms with E-state index in [0.717, 1.165) is 5.56 Å². The van der Waals surface area contributed by atoms with Crippen molar-refractivity contribution < 1.29 is 14.6 Å². The number of benzene rings is 1. The van der Waals surface area contributed by atoms with Crippen LogP contribution in [0.2, 0.25) is 0 Å². The highest BCUT2D eigenvalue weighted by atomic mass is 16.5. The SMILES string of the molecule is COCC(C)OCc1ccc(O)cc1. The van der Waals surface area contributed by atoms with E-state index < -0.39 is 0 Å². The molecule has 0 aromatic heterocycles. The van der Waals surface area contributed by atoms with Crippen LogP contribution in [0.4, 0.5) is 0 Å². The first-order valence-electron chi connectivity index (χ1n) is 4.61. The van der Waals surface area contributed by atoms with Crippen LogP contribution >= 0.6 is 0 Å². The lowest BCUT2D eigenvalue weighted by molar-refractivity contribution is -0.000133. The topological polar surface area (TPSA) is 38.7 Å². The molecule has 0 amide bonds. The van der Waals surface area contributed by atoms with Gasteiger partial charge in [-0.15, -0.1) is 0 Å². The predicted octanol–water partition coefficient (Wildman–Crippen LogP) is 1.94. The summed E-state index contributed by atoms with van der Waals surface area (Å²) in [5.41, 5.74) is 1.05. The molecule has 3 nitrogen and oxygen atoms in total. The zero-order chi connectivity index (χ0) is 10.4. The molecule has 0 aliphatic heterocycles. The molecule has 0 aliphatic rings. The maximum Gasteiger partial charge on any atom is 0.115 e. The number of phenolic OH excluding ortho intramolecular Hbond substituents is 1. The fourth-order valence-electron chi connectivity index (χ4n) is 1.11. The van der Waals surface area contributed by atoms with Gasteiger partial charge in [-0.25, -0.2) is 0 Å². The average Bonchev–Trinajstić information content (AvgIpc) is 2.17. The summed E-state index contributed by atoms with van der Waals surface area (Å²) in [6.07, 6.45) is 0.0915. The van der Waals surface area contributed by atoms with Crippen LogP contribution in [0.3, 0.4) is 0 Å². The van der Waals surface area contributed by atoms with Crippen LogP contribution < -0.4 is 0 Å². The molecule has 0 saturated carbocycles. The molecule has 1 aromatic carbocycles. The van der Waals surface area contributed by atoms with Gasteiger partial charge in [0.2, 0.25) is 0 Å². The summed E-state index contributed by atoms with van der Waals surface area (Å²) in [6, 6.07) is 6.99. The van der Waals surface area contributed by atoms with Crippen molar-refractivity contribution in [3.63, 3.8) is 0 Å². The van der Waals surface area contributed by atoms with Crippen molar-refractivity contribution in [2.24, 2.45) is 0 Å². The summed E-state index contributed by atoms with van der Waals surface area (Å²) < 4.78 is 10.4. The summed E-state index contributed by atoms with van der Waals surface area (Å²) in [7, 11) is 1.65. The van der Waals surface area contributed by atoms with Crippen LogP contribution in [-0.2, 0) is 16.1 Å². The number of phenols is 1. The molecule has 0 fully saturated rings. The number of aromatic hydroxyl groups is 1. The Balaban J connectivity index is 2.34. The molecular formula is C11H16O3. The third-order valence-electron chi connectivity index (χ3n) is 1.87. The Bertz CT molecular complexity index is 256. The highest BCUT2D eigenvalue weighted by Gasteiger charge is 2.01. The number of ether oxygens (including phenoxy) is 2. The second-order valence-electron chi connectivity index (χ2n) is 3.24. The Morgan fingerprint density at radius 3 is 2.50 bits per heavy atom. The Labute approximate surface area is 84.3 Å². The third-order valence-corrected chi connectivity index (χ3v) is 1.87. The fraction of sp³-hybridized carbons (Fsp3) is 0.455. The van der Waals surface area contributed by atoms with Gasteiger partial charge in [0.1, 0.15) is 5.75 Å². The van der Waals surface area contributed by atoms with Gasteiger partial charge < -0.3 is 14.6 Å². The van der Waals surface area contributed by atoms with Gasteiger partial charge in [0, 0.05) is 7.11 Å². The Morgan fingerprint density at radius 2 is 1.93 bits per heavy atom. The summed E-state index contributed by atoms with van der Waals surface area (Å²) >= 11 is 0. The van der Waals surface area contributed by atoms with Crippen LogP contribution in [0.1, 0.15) is 12.5 Å². The van der Waals surface area contributed by atoms with Crippen LogP contribution in [0, 0.1) is 0 Å². The minimum absolute atomic E-state index is 0.0915. The molecule has 0 heterocycles. The van der Waals surface area contributed by atoms with Gasteiger partial charge in [0.15, 0.2) is 0 Å². The van der Waals surface area contributed by atoms with E-state index in [0.29, 0.717) is 13.2 Å². The van der Waals surface area contributed by atoms with Crippen molar-refractivity contribution in [2.75, 3.05) is 13.7 Å². The lowest BCUT2D eigenvalue weighted by Gasteiger charge is -2.11. The monoisotopic (exact) mass is 196 g/mol. The van der Waals surface area contributed by atoms with Crippen LogP contribution in [0.15, 0.2) is 24.3 Å². The van der Waals surface area contributed by atoms with E-state index in [1.165, 1.54) is 0 Å². The molecular weight excluding hydrogens is 180 g/mol. The van der Waals surface area contributed by atoms with E-state index in [-0.39, 0.29) is 11.9 Å². The summed E-state index contributed by atoms with van der Waals surface area (Å²) in [4.78, 5) is 0. The van der Waals surface area contributed by atoms with Crippen molar-refractivity contribution in [3.05, 3.63) is 29.8 Å². The maximum atomic E-state index is 9.06. The minimum Gasteiger partial charge on any atom is -0.508 e. The van der Waals surface area contributed by atoms with E-state index in [2.05, 4.69) is 0 Å². The highest BCUT2D eigenvalue weighted by molar-refractivity contribution is 5.25. The molecule has 14 heavy (non-hydrogen) atoms.